The second-order valence-electron chi connectivity index (χ2n) is 8.38. The summed E-state index contributed by atoms with van der Waals surface area (Å²) in [5.74, 6) is -0.199. The summed E-state index contributed by atoms with van der Waals surface area (Å²) in [5.41, 5.74) is 4.11. The number of nitrogens with zero attached hydrogens (tertiary/aromatic N) is 3. The Kier molecular flexibility index (Phi) is 5.54. The molecule has 2 aliphatic heterocycles. The van der Waals surface area contributed by atoms with E-state index in [4.69, 9.17) is 11.6 Å². The van der Waals surface area contributed by atoms with Gasteiger partial charge in [0.1, 0.15) is 6.54 Å². The largest absolute Gasteiger partial charge is 0.368 e. The Morgan fingerprint density at radius 2 is 1.67 bits per heavy atom. The number of sulfonamides is 1. The third-order valence-electron chi connectivity index (χ3n) is 6.25. The van der Waals surface area contributed by atoms with Crippen LogP contribution in [0.25, 0.3) is 11.1 Å². The van der Waals surface area contributed by atoms with Gasteiger partial charge < -0.3 is 9.80 Å². The zero-order valence-electron chi connectivity index (χ0n) is 18.2. The number of halogens is 1. The maximum absolute atomic E-state index is 13.5. The van der Waals surface area contributed by atoms with Crippen LogP contribution in [0.5, 0.6) is 0 Å². The first kappa shape index (κ1) is 21.8. The molecule has 0 aromatic heterocycles. The number of hydrogen-bond acceptors (Lipinski definition) is 4. The predicted octanol–water partition coefficient (Wildman–Crippen LogP) is 4.17. The number of anilines is 2. The highest BCUT2D eigenvalue weighted by atomic mass is 35.5. The van der Waals surface area contributed by atoms with E-state index in [1.807, 2.05) is 55.5 Å². The predicted molar refractivity (Wildman–Crippen MR) is 131 cm³/mol. The number of carbonyl (C=O) groups excluding carboxylic acids is 1. The van der Waals surface area contributed by atoms with E-state index in [0.29, 0.717) is 42.5 Å². The van der Waals surface area contributed by atoms with E-state index in [0.717, 1.165) is 16.8 Å². The summed E-state index contributed by atoms with van der Waals surface area (Å²) < 4.78 is 28.2. The Morgan fingerprint density at radius 1 is 0.909 bits per heavy atom. The number of aryl methyl sites for hydroxylation is 1. The number of hydrogen-bond donors (Lipinski definition) is 0. The molecule has 6 nitrogen and oxygen atoms in total. The van der Waals surface area contributed by atoms with Gasteiger partial charge in [0, 0.05) is 48.0 Å². The third kappa shape index (κ3) is 3.96. The molecule has 3 aromatic carbocycles. The number of rotatable bonds is 3. The van der Waals surface area contributed by atoms with Crippen LogP contribution < -0.4 is 9.21 Å². The van der Waals surface area contributed by atoms with Gasteiger partial charge in [-0.25, -0.2) is 8.42 Å². The van der Waals surface area contributed by atoms with Crippen LogP contribution >= 0.6 is 11.6 Å². The number of benzene rings is 3. The molecule has 0 N–H and O–H groups in total. The molecule has 0 aliphatic carbocycles. The normalized spacial score (nSPS) is 16.8. The van der Waals surface area contributed by atoms with Gasteiger partial charge in [-0.05, 0) is 43.3 Å². The minimum atomic E-state index is -3.84. The number of piperazine rings is 1. The molecule has 3 aromatic rings. The average Bonchev–Trinajstić information content (AvgIpc) is 2.82. The van der Waals surface area contributed by atoms with Crippen LogP contribution in [0.1, 0.15) is 5.56 Å². The molecule has 2 aliphatic rings. The molecule has 0 unspecified atom stereocenters. The molecule has 1 saturated heterocycles. The Morgan fingerprint density at radius 3 is 2.42 bits per heavy atom. The Hall–Kier alpha value is -3.03. The lowest BCUT2D eigenvalue weighted by atomic mass is 10.0. The standard InChI is InChI=1S/C25H24ClN3O3S/c1-18-9-10-23-22(15-18)21-7-2-3-8-24(21)33(31,32)29(23)17-25(30)28-13-11-27(12-14-28)20-6-4-5-19(26)16-20/h2-10,15-16H,11-14,17H2,1H3. The first-order chi connectivity index (χ1) is 15.8. The van der Waals surface area contributed by atoms with Gasteiger partial charge in [-0.2, -0.15) is 0 Å². The van der Waals surface area contributed by atoms with Gasteiger partial charge in [-0.15, -0.1) is 0 Å². The van der Waals surface area contributed by atoms with Crippen molar-refractivity contribution in [2.45, 2.75) is 11.8 Å². The smallest absolute Gasteiger partial charge is 0.265 e. The van der Waals surface area contributed by atoms with Gasteiger partial charge in [-0.3, -0.25) is 9.10 Å². The van der Waals surface area contributed by atoms with Crippen molar-refractivity contribution >= 4 is 38.9 Å². The van der Waals surface area contributed by atoms with Gasteiger partial charge in [-0.1, -0.05) is 47.5 Å². The molecule has 0 saturated carbocycles. The average molecular weight is 482 g/mol. The van der Waals surface area contributed by atoms with Crippen LogP contribution in [-0.4, -0.2) is 51.9 Å². The number of carbonyl (C=O) groups is 1. The molecule has 1 amide bonds. The monoisotopic (exact) mass is 481 g/mol. The van der Waals surface area contributed by atoms with Crippen molar-refractivity contribution in [2.24, 2.45) is 0 Å². The van der Waals surface area contributed by atoms with E-state index in [1.165, 1.54) is 4.31 Å². The summed E-state index contributed by atoms with van der Waals surface area (Å²) in [5, 5.41) is 0.676. The van der Waals surface area contributed by atoms with Gasteiger partial charge in [0.05, 0.1) is 10.6 Å². The fraction of sp³-hybridized carbons (Fsp3) is 0.240. The Labute approximate surface area is 199 Å². The highest BCUT2D eigenvalue weighted by Crippen LogP contribution is 2.43. The van der Waals surface area contributed by atoms with Crippen LogP contribution in [0.4, 0.5) is 11.4 Å². The molecule has 1 fully saturated rings. The molecule has 8 heteroatoms. The Balaban J connectivity index is 1.38. The van der Waals surface area contributed by atoms with Crippen molar-refractivity contribution in [1.82, 2.24) is 4.90 Å². The van der Waals surface area contributed by atoms with Crippen molar-refractivity contribution in [1.29, 1.82) is 0 Å². The maximum Gasteiger partial charge on any atom is 0.265 e. The van der Waals surface area contributed by atoms with E-state index in [9.17, 15) is 13.2 Å². The van der Waals surface area contributed by atoms with E-state index in [1.54, 1.807) is 23.1 Å². The Bertz CT molecular complexity index is 1330. The first-order valence-corrected chi connectivity index (χ1v) is 12.7. The van der Waals surface area contributed by atoms with Crippen molar-refractivity contribution in [2.75, 3.05) is 41.9 Å². The minimum absolute atomic E-state index is 0.199. The first-order valence-electron chi connectivity index (χ1n) is 10.9. The molecule has 0 radical (unpaired) electrons. The summed E-state index contributed by atoms with van der Waals surface area (Å²) >= 11 is 6.11. The molecular formula is C25H24ClN3O3S. The molecule has 2 heterocycles. The summed E-state index contributed by atoms with van der Waals surface area (Å²) in [6.45, 7) is 4.13. The molecule has 0 bridgehead atoms. The van der Waals surface area contributed by atoms with Crippen LogP contribution in [-0.2, 0) is 14.8 Å². The summed E-state index contributed by atoms with van der Waals surface area (Å²) in [6.07, 6.45) is 0. The van der Waals surface area contributed by atoms with E-state index >= 15 is 0 Å². The molecular weight excluding hydrogens is 458 g/mol. The van der Waals surface area contributed by atoms with Crippen molar-refractivity contribution in [3.05, 3.63) is 77.3 Å². The van der Waals surface area contributed by atoms with Gasteiger partial charge >= 0.3 is 0 Å². The van der Waals surface area contributed by atoms with E-state index in [-0.39, 0.29) is 17.3 Å². The lowest BCUT2D eigenvalue weighted by Gasteiger charge is -2.38. The fourth-order valence-corrected chi connectivity index (χ4v) is 6.35. The highest BCUT2D eigenvalue weighted by molar-refractivity contribution is 7.93. The second kappa shape index (κ2) is 8.39. The molecule has 33 heavy (non-hydrogen) atoms. The van der Waals surface area contributed by atoms with Crippen LogP contribution in [0.2, 0.25) is 5.02 Å². The molecule has 170 valence electrons. The fourth-order valence-electron chi connectivity index (χ4n) is 4.53. The van der Waals surface area contributed by atoms with Crippen LogP contribution in [0.3, 0.4) is 0 Å². The van der Waals surface area contributed by atoms with Gasteiger partial charge in [0.15, 0.2) is 0 Å². The topological polar surface area (TPSA) is 60.9 Å². The summed E-state index contributed by atoms with van der Waals surface area (Å²) in [4.78, 5) is 17.4. The van der Waals surface area contributed by atoms with Crippen molar-refractivity contribution in [3.63, 3.8) is 0 Å². The molecule has 0 atom stereocenters. The SMILES string of the molecule is Cc1ccc2c(c1)-c1ccccc1S(=O)(=O)N2CC(=O)N1CCN(c2cccc(Cl)c2)CC1. The minimum Gasteiger partial charge on any atom is -0.368 e. The third-order valence-corrected chi connectivity index (χ3v) is 8.30. The molecule has 0 spiro atoms. The zero-order valence-corrected chi connectivity index (χ0v) is 19.8. The van der Waals surface area contributed by atoms with E-state index < -0.39 is 10.0 Å². The van der Waals surface area contributed by atoms with Gasteiger partial charge in [0.25, 0.3) is 10.0 Å². The van der Waals surface area contributed by atoms with Crippen molar-refractivity contribution in [3.8, 4) is 11.1 Å². The number of amides is 1. The second-order valence-corrected chi connectivity index (χ2v) is 10.6. The van der Waals surface area contributed by atoms with Crippen LogP contribution in [0, 0.1) is 6.92 Å². The lowest BCUT2D eigenvalue weighted by molar-refractivity contribution is -0.129. The lowest BCUT2D eigenvalue weighted by Crippen LogP contribution is -2.52. The van der Waals surface area contributed by atoms with E-state index in [2.05, 4.69) is 4.90 Å². The highest BCUT2D eigenvalue weighted by Gasteiger charge is 2.37. The maximum atomic E-state index is 13.5. The quantitative estimate of drug-likeness (QED) is 0.563. The summed E-state index contributed by atoms with van der Waals surface area (Å²) in [7, 11) is -3.84. The van der Waals surface area contributed by atoms with Crippen LogP contribution in [0.15, 0.2) is 71.6 Å². The molecule has 5 rings (SSSR count). The zero-order chi connectivity index (χ0) is 23.2. The summed E-state index contributed by atoms with van der Waals surface area (Å²) in [6, 6.07) is 20.3. The number of fused-ring (bicyclic) bond motifs is 3. The van der Waals surface area contributed by atoms with Crippen molar-refractivity contribution < 1.29 is 13.2 Å². The van der Waals surface area contributed by atoms with Gasteiger partial charge in [0.2, 0.25) is 5.91 Å².